The van der Waals surface area contributed by atoms with Crippen LogP contribution in [-0.4, -0.2) is 28.6 Å². The number of carbonyl (C=O) groups is 2. The molecule has 0 radical (unpaired) electrons. The summed E-state index contributed by atoms with van der Waals surface area (Å²) in [5, 5.41) is 18.7. The molecule has 0 aliphatic carbocycles. The smallest absolute Gasteiger partial charge is 0.342 e. The van der Waals surface area contributed by atoms with E-state index in [4.69, 9.17) is 9.84 Å². The Morgan fingerprint density at radius 1 is 1.19 bits per heavy atom. The molecule has 0 aliphatic rings. The molecule has 110 valence electrons. The highest BCUT2D eigenvalue weighted by atomic mass is 32.1. The number of hydrogen-bond donors (Lipinski definition) is 2. The van der Waals surface area contributed by atoms with E-state index < -0.39 is 11.7 Å². The van der Waals surface area contributed by atoms with Gasteiger partial charge in [-0.2, -0.15) is 0 Å². The van der Waals surface area contributed by atoms with Crippen molar-refractivity contribution in [1.29, 1.82) is 0 Å². The molecule has 0 fully saturated rings. The summed E-state index contributed by atoms with van der Waals surface area (Å²) in [6.45, 7) is 1.61. The van der Waals surface area contributed by atoms with E-state index in [1.807, 2.05) is 13.0 Å². The van der Waals surface area contributed by atoms with Gasteiger partial charge in [-0.25, -0.2) is 4.79 Å². The van der Waals surface area contributed by atoms with E-state index in [2.05, 4.69) is 0 Å². The summed E-state index contributed by atoms with van der Waals surface area (Å²) in [5.74, 6) is -1.65. The Bertz CT molecular complexity index is 674. The van der Waals surface area contributed by atoms with Gasteiger partial charge in [-0.3, -0.25) is 4.79 Å². The van der Waals surface area contributed by atoms with Gasteiger partial charge in [0.15, 0.2) is 6.61 Å². The molecule has 0 saturated heterocycles. The second kappa shape index (κ2) is 6.41. The molecule has 6 heteroatoms. The number of ether oxygens (including phenoxy) is 1. The van der Waals surface area contributed by atoms with Crippen molar-refractivity contribution in [3.8, 4) is 11.5 Å². The zero-order chi connectivity index (χ0) is 15.4. The van der Waals surface area contributed by atoms with Gasteiger partial charge in [-0.05, 0) is 30.7 Å². The molecule has 0 spiro atoms. The fraction of sp³-hybridized carbons (Fsp3) is 0.200. The van der Waals surface area contributed by atoms with Gasteiger partial charge in [-0.1, -0.05) is 6.92 Å². The molecule has 1 aromatic heterocycles. The second-order valence-electron chi connectivity index (χ2n) is 4.32. The minimum atomic E-state index is -0.812. The zero-order valence-electron chi connectivity index (χ0n) is 11.3. The van der Waals surface area contributed by atoms with E-state index in [1.165, 1.54) is 23.5 Å². The molecule has 2 N–H and O–H groups in total. The third-order valence-electron chi connectivity index (χ3n) is 2.82. The maximum atomic E-state index is 11.9. The Kier molecular flexibility index (Phi) is 4.59. The van der Waals surface area contributed by atoms with E-state index >= 15 is 0 Å². The van der Waals surface area contributed by atoms with Gasteiger partial charge < -0.3 is 14.9 Å². The number of phenolic OH excluding ortho intramolecular Hbond substituents is 2. The molecule has 1 heterocycles. The maximum absolute atomic E-state index is 11.9. The molecule has 0 aliphatic heterocycles. The van der Waals surface area contributed by atoms with E-state index in [0.29, 0.717) is 4.88 Å². The van der Waals surface area contributed by atoms with Crippen molar-refractivity contribution in [2.45, 2.75) is 13.3 Å². The standard InChI is InChI=1S/C15H14O5S/c1-2-10-4-6-14(21-10)13(18)8-20-15(19)11-5-3-9(16)7-12(11)17/h3-7,16-17H,2,8H2,1H3. The lowest BCUT2D eigenvalue weighted by Crippen LogP contribution is -2.13. The summed E-state index contributed by atoms with van der Waals surface area (Å²) >= 11 is 1.37. The lowest BCUT2D eigenvalue weighted by atomic mass is 10.2. The lowest BCUT2D eigenvalue weighted by molar-refractivity contribution is 0.0473. The third kappa shape index (κ3) is 3.61. The Balaban J connectivity index is 1.99. The molecular formula is C15H14O5S. The van der Waals surface area contributed by atoms with E-state index in [9.17, 15) is 14.7 Å². The summed E-state index contributed by atoms with van der Waals surface area (Å²) < 4.78 is 4.88. The molecule has 21 heavy (non-hydrogen) atoms. The molecule has 5 nitrogen and oxygen atoms in total. The van der Waals surface area contributed by atoms with Crippen LogP contribution in [0.4, 0.5) is 0 Å². The van der Waals surface area contributed by atoms with Gasteiger partial charge in [0.1, 0.15) is 17.1 Å². The van der Waals surface area contributed by atoms with Gasteiger partial charge in [0.2, 0.25) is 5.78 Å². The van der Waals surface area contributed by atoms with Crippen molar-refractivity contribution >= 4 is 23.1 Å². The number of aromatic hydroxyl groups is 2. The van der Waals surface area contributed by atoms with Crippen molar-refractivity contribution in [1.82, 2.24) is 0 Å². The number of benzene rings is 1. The molecule has 0 amide bonds. The van der Waals surface area contributed by atoms with E-state index in [1.54, 1.807) is 6.07 Å². The SMILES string of the molecule is CCc1ccc(C(=O)COC(=O)c2ccc(O)cc2O)s1. The first-order valence-corrected chi connectivity index (χ1v) is 7.14. The minimum Gasteiger partial charge on any atom is -0.508 e. The van der Waals surface area contributed by atoms with Crippen LogP contribution >= 0.6 is 11.3 Å². The second-order valence-corrected chi connectivity index (χ2v) is 5.49. The number of rotatable bonds is 5. The molecule has 0 bridgehead atoms. The number of esters is 1. The summed E-state index contributed by atoms with van der Waals surface area (Å²) in [5.41, 5.74) is -0.0963. The Hall–Kier alpha value is -2.34. The van der Waals surface area contributed by atoms with Crippen LogP contribution < -0.4 is 0 Å². The molecule has 2 aromatic rings. The summed E-state index contributed by atoms with van der Waals surface area (Å²) in [6, 6.07) is 7.09. The molecule has 1 aromatic carbocycles. The van der Waals surface area contributed by atoms with E-state index in [-0.39, 0.29) is 23.7 Å². The van der Waals surface area contributed by atoms with Crippen molar-refractivity contribution in [3.63, 3.8) is 0 Å². The van der Waals surface area contributed by atoms with Crippen LogP contribution in [0.25, 0.3) is 0 Å². The number of Topliss-reactive ketones (excluding diaryl/α,β-unsaturated/α-hetero) is 1. The van der Waals surface area contributed by atoms with Gasteiger partial charge >= 0.3 is 5.97 Å². The van der Waals surface area contributed by atoms with Crippen LogP contribution in [-0.2, 0) is 11.2 Å². The zero-order valence-corrected chi connectivity index (χ0v) is 12.1. The Morgan fingerprint density at radius 2 is 1.95 bits per heavy atom. The van der Waals surface area contributed by atoms with Crippen LogP contribution in [0.2, 0.25) is 0 Å². The predicted octanol–water partition coefficient (Wildman–Crippen LogP) is 2.76. The normalized spacial score (nSPS) is 10.3. The Morgan fingerprint density at radius 3 is 2.57 bits per heavy atom. The first-order valence-electron chi connectivity index (χ1n) is 6.32. The van der Waals surface area contributed by atoms with Crippen LogP contribution in [0, 0.1) is 0 Å². The van der Waals surface area contributed by atoms with Gasteiger partial charge in [0.25, 0.3) is 0 Å². The first-order chi connectivity index (χ1) is 10.0. The highest BCUT2D eigenvalue weighted by molar-refractivity contribution is 7.14. The average Bonchev–Trinajstić information content (AvgIpc) is 2.93. The van der Waals surface area contributed by atoms with Gasteiger partial charge in [0, 0.05) is 10.9 Å². The molecule has 0 unspecified atom stereocenters. The average molecular weight is 306 g/mol. The van der Waals surface area contributed by atoms with E-state index in [0.717, 1.165) is 17.4 Å². The van der Waals surface area contributed by atoms with Crippen molar-refractivity contribution in [2.75, 3.05) is 6.61 Å². The topological polar surface area (TPSA) is 83.8 Å². The van der Waals surface area contributed by atoms with Crippen molar-refractivity contribution in [3.05, 3.63) is 45.6 Å². The van der Waals surface area contributed by atoms with Gasteiger partial charge in [0.05, 0.1) is 4.88 Å². The number of phenols is 2. The molecular weight excluding hydrogens is 292 g/mol. The maximum Gasteiger partial charge on any atom is 0.342 e. The fourth-order valence-corrected chi connectivity index (χ4v) is 2.56. The van der Waals surface area contributed by atoms with Crippen LogP contribution in [0.5, 0.6) is 11.5 Å². The number of aryl methyl sites for hydroxylation is 1. The molecule has 2 rings (SSSR count). The number of ketones is 1. The minimum absolute atomic E-state index is 0.0963. The number of carbonyl (C=O) groups excluding carboxylic acids is 2. The van der Waals surface area contributed by atoms with Gasteiger partial charge in [-0.15, -0.1) is 11.3 Å². The fourth-order valence-electron chi connectivity index (χ4n) is 1.69. The largest absolute Gasteiger partial charge is 0.508 e. The van der Waals surface area contributed by atoms with Crippen molar-refractivity contribution < 1.29 is 24.5 Å². The first kappa shape index (κ1) is 15.1. The van der Waals surface area contributed by atoms with Crippen LogP contribution in [0.1, 0.15) is 31.8 Å². The highest BCUT2D eigenvalue weighted by Gasteiger charge is 2.16. The lowest BCUT2D eigenvalue weighted by Gasteiger charge is -2.05. The van der Waals surface area contributed by atoms with Crippen LogP contribution in [0.3, 0.4) is 0 Å². The highest BCUT2D eigenvalue weighted by Crippen LogP contribution is 2.23. The number of thiophene rings is 1. The monoisotopic (exact) mass is 306 g/mol. The summed E-state index contributed by atoms with van der Waals surface area (Å²) in [6.07, 6.45) is 0.846. The summed E-state index contributed by atoms with van der Waals surface area (Å²) in [7, 11) is 0. The molecule has 0 atom stereocenters. The quantitative estimate of drug-likeness (QED) is 0.655. The summed E-state index contributed by atoms with van der Waals surface area (Å²) in [4.78, 5) is 25.3. The Labute approximate surface area is 125 Å². The van der Waals surface area contributed by atoms with Crippen LogP contribution in [0.15, 0.2) is 30.3 Å². The number of hydrogen-bond acceptors (Lipinski definition) is 6. The predicted molar refractivity (Wildman–Crippen MR) is 78.1 cm³/mol. The van der Waals surface area contributed by atoms with Crippen molar-refractivity contribution in [2.24, 2.45) is 0 Å². The third-order valence-corrected chi connectivity index (χ3v) is 4.09. The molecule has 0 saturated carbocycles.